The lowest BCUT2D eigenvalue weighted by Gasteiger charge is -2.13. The lowest BCUT2D eigenvalue weighted by molar-refractivity contribution is 0.700. The number of pyridine rings is 1. The summed E-state index contributed by atoms with van der Waals surface area (Å²) in [6.07, 6.45) is 4.92. The largest absolute Gasteiger partial charge is 0.242 e. The summed E-state index contributed by atoms with van der Waals surface area (Å²) in [6.45, 7) is 2.05. The number of fused-ring (bicyclic) bond motifs is 3. The minimum Gasteiger partial charge on any atom is -0.242 e. The molecule has 0 saturated heterocycles. The van der Waals surface area contributed by atoms with Crippen LogP contribution in [0.4, 0.5) is 0 Å². The number of aryl methyl sites for hydroxylation is 3. The van der Waals surface area contributed by atoms with E-state index in [4.69, 9.17) is 28.2 Å². The summed E-state index contributed by atoms with van der Waals surface area (Å²) in [5.74, 6) is 0. The maximum absolute atomic E-state index is 6.23. The molecule has 1 nitrogen and oxygen atoms in total. The smallest absolute Gasteiger partial charge is 0.124 e. The van der Waals surface area contributed by atoms with Crippen LogP contribution >= 0.6 is 34.5 Å². The Morgan fingerprint density at radius 1 is 1.05 bits per heavy atom. The van der Waals surface area contributed by atoms with Crippen molar-refractivity contribution in [3.8, 4) is 11.1 Å². The molecule has 2 heterocycles. The van der Waals surface area contributed by atoms with Gasteiger partial charge in [0, 0.05) is 16.0 Å². The summed E-state index contributed by atoms with van der Waals surface area (Å²) in [7, 11) is 0. The fourth-order valence-corrected chi connectivity index (χ4v) is 4.90. The van der Waals surface area contributed by atoms with Crippen LogP contribution in [0.5, 0.6) is 0 Å². The van der Waals surface area contributed by atoms with Crippen LogP contribution in [-0.4, -0.2) is 4.98 Å². The minimum atomic E-state index is 0.597. The first-order valence-corrected chi connectivity index (χ1v) is 9.08. The lowest BCUT2D eigenvalue weighted by Crippen LogP contribution is -1.98. The van der Waals surface area contributed by atoms with E-state index in [1.54, 1.807) is 0 Å². The van der Waals surface area contributed by atoms with E-state index in [1.165, 1.54) is 40.7 Å². The topological polar surface area (TPSA) is 12.9 Å². The molecule has 0 aliphatic heterocycles. The molecule has 1 aliphatic rings. The third-order valence-electron chi connectivity index (χ3n) is 4.28. The fourth-order valence-electron chi connectivity index (χ4n) is 3.27. The Labute approximate surface area is 143 Å². The zero-order valence-electron chi connectivity index (χ0n) is 12.2. The molecule has 0 bridgehead atoms. The van der Waals surface area contributed by atoms with Gasteiger partial charge in [-0.1, -0.05) is 29.3 Å². The van der Waals surface area contributed by atoms with Gasteiger partial charge in [0.1, 0.15) is 4.83 Å². The van der Waals surface area contributed by atoms with Gasteiger partial charge in [0.25, 0.3) is 0 Å². The van der Waals surface area contributed by atoms with E-state index in [9.17, 15) is 0 Å². The maximum Gasteiger partial charge on any atom is 0.124 e. The molecule has 0 spiro atoms. The Hall–Kier alpha value is -1.09. The fraction of sp³-hybridized carbons (Fsp3) is 0.278. The van der Waals surface area contributed by atoms with Gasteiger partial charge in [-0.15, -0.1) is 11.3 Å². The predicted molar refractivity (Wildman–Crippen MR) is 96.5 cm³/mol. The van der Waals surface area contributed by atoms with Crippen LogP contribution in [0.25, 0.3) is 21.3 Å². The van der Waals surface area contributed by atoms with Crippen LogP contribution in [0, 0.1) is 6.92 Å². The normalized spacial score (nSPS) is 14.3. The second-order valence-electron chi connectivity index (χ2n) is 5.83. The Morgan fingerprint density at radius 2 is 1.86 bits per heavy atom. The number of rotatable bonds is 1. The van der Waals surface area contributed by atoms with Gasteiger partial charge >= 0.3 is 0 Å². The lowest BCUT2D eigenvalue weighted by atomic mass is 9.92. The van der Waals surface area contributed by atoms with Crippen molar-refractivity contribution in [3.63, 3.8) is 0 Å². The van der Waals surface area contributed by atoms with Crippen molar-refractivity contribution < 1.29 is 0 Å². The van der Waals surface area contributed by atoms with E-state index < -0.39 is 0 Å². The monoisotopic (exact) mass is 347 g/mol. The highest BCUT2D eigenvalue weighted by molar-refractivity contribution is 7.19. The molecule has 0 unspecified atom stereocenters. The molecule has 0 radical (unpaired) electrons. The number of halogens is 2. The molecule has 1 aliphatic carbocycles. The highest BCUT2D eigenvalue weighted by atomic mass is 35.5. The van der Waals surface area contributed by atoms with Gasteiger partial charge < -0.3 is 0 Å². The second kappa shape index (κ2) is 5.52. The SMILES string of the molecule is Cc1cc(-c2ccc(Cl)c(Cl)c2)c2c3c(sc2n1)CCCC3. The number of hydrogen-bond acceptors (Lipinski definition) is 2. The van der Waals surface area contributed by atoms with Crippen molar-refractivity contribution in [3.05, 3.63) is 50.4 Å². The molecule has 22 heavy (non-hydrogen) atoms. The van der Waals surface area contributed by atoms with Gasteiger partial charge in [-0.3, -0.25) is 0 Å². The Kier molecular flexibility index (Phi) is 3.64. The molecule has 0 N–H and O–H groups in total. The van der Waals surface area contributed by atoms with E-state index in [-0.39, 0.29) is 0 Å². The maximum atomic E-state index is 6.23. The zero-order chi connectivity index (χ0) is 15.3. The molecule has 0 fully saturated rings. The molecule has 0 saturated carbocycles. The molecule has 4 heteroatoms. The van der Waals surface area contributed by atoms with Crippen molar-refractivity contribution in [2.45, 2.75) is 32.6 Å². The second-order valence-corrected chi connectivity index (χ2v) is 7.73. The van der Waals surface area contributed by atoms with Crippen molar-refractivity contribution in [2.24, 2.45) is 0 Å². The number of nitrogens with zero attached hydrogens (tertiary/aromatic N) is 1. The highest BCUT2D eigenvalue weighted by Gasteiger charge is 2.20. The number of hydrogen-bond donors (Lipinski definition) is 0. The van der Waals surface area contributed by atoms with E-state index in [2.05, 4.69) is 19.1 Å². The van der Waals surface area contributed by atoms with Crippen LogP contribution in [-0.2, 0) is 12.8 Å². The average Bonchev–Trinajstić information content (AvgIpc) is 2.87. The van der Waals surface area contributed by atoms with Gasteiger partial charge in [0.2, 0.25) is 0 Å². The third kappa shape index (κ3) is 2.34. The van der Waals surface area contributed by atoms with Crippen LogP contribution in [0.15, 0.2) is 24.3 Å². The van der Waals surface area contributed by atoms with Gasteiger partial charge in [-0.2, -0.15) is 0 Å². The molecule has 2 aromatic heterocycles. The van der Waals surface area contributed by atoms with Crippen molar-refractivity contribution in [1.29, 1.82) is 0 Å². The van der Waals surface area contributed by atoms with Crippen molar-refractivity contribution in [2.75, 3.05) is 0 Å². The van der Waals surface area contributed by atoms with Gasteiger partial charge in [0.15, 0.2) is 0 Å². The molecule has 4 rings (SSSR count). The Balaban J connectivity index is 2.03. The summed E-state index contributed by atoms with van der Waals surface area (Å²) < 4.78 is 0. The van der Waals surface area contributed by atoms with Crippen LogP contribution < -0.4 is 0 Å². The summed E-state index contributed by atoms with van der Waals surface area (Å²) in [6, 6.07) is 8.06. The van der Waals surface area contributed by atoms with E-state index in [0.717, 1.165) is 22.5 Å². The Morgan fingerprint density at radius 3 is 2.68 bits per heavy atom. The molecule has 1 aromatic carbocycles. The van der Waals surface area contributed by atoms with Crippen LogP contribution in [0.1, 0.15) is 29.0 Å². The molecular weight excluding hydrogens is 333 g/mol. The predicted octanol–water partition coefficient (Wildman–Crippen LogP) is 6.46. The van der Waals surface area contributed by atoms with Crippen LogP contribution in [0.2, 0.25) is 10.0 Å². The van der Waals surface area contributed by atoms with E-state index in [0.29, 0.717) is 10.0 Å². The number of benzene rings is 1. The summed E-state index contributed by atoms with van der Waals surface area (Å²) in [4.78, 5) is 7.44. The first-order chi connectivity index (χ1) is 10.6. The van der Waals surface area contributed by atoms with Gasteiger partial charge in [-0.05, 0) is 67.5 Å². The first-order valence-electron chi connectivity index (χ1n) is 7.51. The van der Waals surface area contributed by atoms with E-state index >= 15 is 0 Å². The molecular formula is C18H15Cl2NS. The third-order valence-corrected chi connectivity index (χ3v) is 6.21. The minimum absolute atomic E-state index is 0.597. The number of thiophene rings is 1. The van der Waals surface area contributed by atoms with E-state index in [1.807, 2.05) is 23.5 Å². The quantitative estimate of drug-likeness (QED) is 0.492. The summed E-state index contributed by atoms with van der Waals surface area (Å²) in [5, 5.41) is 2.52. The zero-order valence-corrected chi connectivity index (χ0v) is 14.6. The van der Waals surface area contributed by atoms with Crippen LogP contribution in [0.3, 0.4) is 0 Å². The molecule has 0 atom stereocenters. The molecule has 112 valence electrons. The van der Waals surface area contributed by atoms with Gasteiger partial charge in [-0.25, -0.2) is 4.98 Å². The summed E-state index contributed by atoms with van der Waals surface area (Å²) >= 11 is 14.2. The van der Waals surface area contributed by atoms with Crippen molar-refractivity contribution >= 4 is 44.8 Å². The number of aromatic nitrogens is 1. The summed E-state index contributed by atoms with van der Waals surface area (Å²) in [5.41, 5.74) is 4.91. The Bertz CT molecular complexity index is 882. The van der Waals surface area contributed by atoms with Crippen molar-refractivity contribution in [1.82, 2.24) is 4.98 Å². The van der Waals surface area contributed by atoms with Gasteiger partial charge in [0.05, 0.1) is 10.0 Å². The first kappa shape index (κ1) is 14.5. The standard InChI is InChI=1S/C18H15Cl2NS/c1-10-8-13(11-6-7-14(19)15(20)9-11)17-12-4-2-3-5-16(12)22-18(17)21-10/h6-9H,2-5H2,1H3. The molecule has 3 aromatic rings. The highest BCUT2D eigenvalue weighted by Crippen LogP contribution is 2.41. The average molecular weight is 348 g/mol. The molecule has 0 amide bonds.